The maximum Gasteiger partial charge on any atom is 0.387 e. The van der Waals surface area contributed by atoms with Crippen molar-refractivity contribution in [3.8, 4) is 17.1 Å². The van der Waals surface area contributed by atoms with Gasteiger partial charge in [0.1, 0.15) is 5.75 Å². The number of benzene rings is 2. The summed E-state index contributed by atoms with van der Waals surface area (Å²) in [6.07, 6.45) is 0. The van der Waals surface area contributed by atoms with E-state index in [1.54, 1.807) is 31.2 Å². The lowest BCUT2D eigenvalue weighted by molar-refractivity contribution is -0.115. The minimum absolute atomic E-state index is 0.0121. The topological polar surface area (TPSA) is 112 Å². The highest BCUT2D eigenvalue weighted by molar-refractivity contribution is 8.00. The van der Waals surface area contributed by atoms with Crippen LogP contribution in [0.3, 0.4) is 0 Å². The number of rotatable bonds is 8. The Morgan fingerprint density at radius 3 is 2.32 bits per heavy atom. The fraction of sp³-hybridized carbons (Fsp3) is 0.200. The molecule has 0 spiro atoms. The first-order valence-electron chi connectivity index (χ1n) is 9.09. The Labute approximate surface area is 180 Å². The zero-order valence-electron chi connectivity index (χ0n) is 16.6. The van der Waals surface area contributed by atoms with Crippen LogP contribution in [0.15, 0.2) is 53.7 Å². The zero-order valence-corrected chi connectivity index (χ0v) is 17.4. The van der Waals surface area contributed by atoms with Crippen molar-refractivity contribution in [2.24, 2.45) is 0 Å². The van der Waals surface area contributed by atoms with Crippen molar-refractivity contribution in [1.29, 1.82) is 0 Å². The molecular formula is C20H19F2N5O3S. The lowest BCUT2D eigenvalue weighted by Gasteiger charge is -2.12. The molecule has 0 bridgehead atoms. The third-order valence-corrected chi connectivity index (χ3v) is 5.27. The second-order valence-corrected chi connectivity index (χ2v) is 7.77. The van der Waals surface area contributed by atoms with Crippen LogP contribution in [0.5, 0.6) is 5.75 Å². The first-order chi connectivity index (χ1) is 14.7. The van der Waals surface area contributed by atoms with Gasteiger partial charge in [-0.15, -0.1) is 10.2 Å². The number of ether oxygens (including phenoxy) is 1. The van der Waals surface area contributed by atoms with Gasteiger partial charge in [0.15, 0.2) is 11.6 Å². The Kier molecular flexibility index (Phi) is 6.85. The van der Waals surface area contributed by atoms with Gasteiger partial charge >= 0.3 is 6.61 Å². The van der Waals surface area contributed by atoms with Crippen molar-refractivity contribution in [3.63, 3.8) is 0 Å². The normalized spacial score (nSPS) is 11.9. The fourth-order valence-electron chi connectivity index (χ4n) is 2.58. The Hall–Kier alpha value is -3.47. The Morgan fingerprint density at radius 2 is 1.74 bits per heavy atom. The van der Waals surface area contributed by atoms with Crippen molar-refractivity contribution in [2.75, 3.05) is 11.2 Å². The van der Waals surface area contributed by atoms with E-state index < -0.39 is 11.9 Å². The average Bonchev–Trinajstić information content (AvgIpc) is 3.08. The van der Waals surface area contributed by atoms with Crippen LogP contribution in [-0.4, -0.2) is 38.4 Å². The Bertz CT molecular complexity index is 1070. The second-order valence-electron chi connectivity index (χ2n) is 6.46. The van der Waals surface area contributed by atoms with E-state index in [1.165, 1.54) is 35.9 Å². The molecular weight excluding hydrogens is 428 g/mol. The molecule has 11 heteroatoms. The van der Waals surface area contributed by atoms with Gasteiger partial charge in [-0.2, -0.15) is 8.78 Å². The van der Waals surface area contributed by atoms with Crippen LogP contribution in [0.4, 0.5) is 14.5 Å². The number of hydrogen-bond donors (Lipinski definition) is 2. The molecule has 0 radical (unpaired) electrons. The molecule has 1 unspecified atom stereocenters. The van der Waals surface area contributed by atoms with Crippen LogP contribution in [0.25, 0.3) is 11.4 Å². The summed E-state index contributed by atoms with van der Waals surface area (Å²) in [5.41, 5.74) is 1.66. The van der Waals surface area contributed by atoms with Crippen LogP contribution in [-0.2, 0) is 4.79 Å². The lowest BCUT2D eigenvalue weighted by atomic mass is 10.1. The molecule has 162 valence electrons. The molecule has 0 saturated carbocycles. The molecule has 2 aromatic carbocycles. The number of carbonyl (C=O) groups is 2. The standard InChI is InChI=1S/C20H19F2N5O3S/c1-11(28)13-3-7-15(8-4-13)24-18(29)12(2)31-20-26-25-17(27(20)23)14-5-9-16(10-6-14)30-19(21)22/h3-10,12,19H,23H2,1-2H3,(H,24,29). The molecule has 8 nitrogen and oxygen atoms in total. The second kappa shape index (κ2) is 9.56. The fourth-order valence-corrected chi connectivity index (χ4v) is 3.35. The van der Waals surface area contributed by atoms with Crippen LogP contribution in [0, 0.1) is 0 Å². The third-order valence-electron chi connectivity index (χ3n) is 4.21. The molecule has 0 saturated heterocycles. The molecule has 0 aliphatic heterocycles. The van der Waals surface area contributed by atoms with E-state index in [4.69, 9.17) is 5.84 Å². The molecule has 0 aliphatic carbocycles. The first-order valence-corrected chi connectivity index (χ1v) is 9.97. The van der Waals surface area contributed by atoms with Gasteiger partial charge < -0.3 is 15.9 Å². The molecule has 0 fully saturated rings. The molecule has 1 amide bonds. The van der Waals surface area contributed by atoms with E-state index >= 15 is 0 Å². The summed E-state index contributed by atoms with van der Waals surface area (Å²) in [5.74, 6) is 6.03. The number of anilines is 1. The number of ketones is 1. The molecule has 1 aromatic heterocycles. The molecule has 3 aromatic rings. The van der Waals surface area contributed by atoms with Gasteiger partial charge in [0.25, 0.3) is 0 Å². The van der Waals surface area contributed by atoms with Gasteiger partial charge in [-0.05, 0) is 62.4 Å². The van der Waals surface area contributed by atoms with E-state index in [-0.39, 0.29) is 17.4 Å². The van der Waals surface area contributed by atoms with Crippen LogP contribution < -0.4 is 15.9 Å². The summed E-state index contributed by atoms with van der Waals surface area (Å²) < 4.78 is 30.1. The lowest BCUT2D eigenvalue weighted by Crippen LogP contribution is -2.23. The predicted octanol–water partition coefficient (Wildman–Crippen LogP) is 3.58. The number of halogens is 2. The number of aromatic nitrogens is 3. The number of nitrogens with two attached hydrogens (primary N) is 1. The molecule has 0 aliphatic rings. The van der Waals surface area contributed by atoms with Gasteiger partial charge in [0.05, 0.1) is 5.25 Å². The van der Waals surface area contributed by atoms with Gasteiger partial charge in [-0.1, -0.05) is 11.8 Å². The average molecular weight is 447 g/mol. The number of amides is 1. The number of carbonyl (C=O) groups excluding carboxylic acids is 2. The summed E-state index contributed by atoms with van der Waals surface area (Å²) in [4.78, 5) is 23.8. The highest BCUT2D eigenvalue weighted by atomic mass is 32.2. The highest BCUT2D eigenvalue weighted by Crippen LogP contribution is 2.27. The van der Waals surface area contributed by atoms with E-state index in [9.17, 15) is 18.4 Å². The van der Waals surface area contributed by atoms with Crippen molar-refractivity contribution in [2.45, 2.75) is 30.9 Å². The van der Waals surface area contributed by atoms with Crippen molar-refractivity contribution in [3.05, 3.63) is 54.1 Å². The third kappa shape index (κ3) is 5.57. The number of thioether (sulfide) groups is 1. The number of nitrogen functional groups attached to an aromatic ring is 1. The zero-order chi connectivity index (χ0) is 22.5. The first kappa shape index (κ1) is 22.2. The molecule has 1 heterocycles. The monoisotopic (exact) mass is 447 g/mol. The number of alkyl halides is 2. The molecule has 1 atom stereocenters. The number of nitrogens with zero attached hydrogens (tertiary/aromatic N) is 3. The summed E-state index contributed by atoms with van der Waals surface area (Å²) in [7, 11) is 0. The minimum atomic E-state index is -2.91. The van der Waals surface area contributed by atoms with E-state index in [2.05, 4.69) is 20.3 Å². The Balaban J connectivity index is 1.65. The molecule has 3 N–H and O–H groups in total. The number of hydrogen-bond acceptors (Lipinski definition) is 7. The quantitative estimate of drug-likeness (QED) is 0.308. The van der Waals surface area contributed by atoms with E-state index in [1.807, 2.05) is 0 Å². The number of Topliss-reactive ketones (excluding diaryl/α,β-unsaturated/α-hetero) is 1. The van der Waals surface area contributed by atoms with Gasteiger partial charge in [-0.3, -0.25) is 9.59 Å². The largest absolute Gasteiger partial charge is 0.435 e. The minimum Gasteiger partial charge on any atom is -0.435 e. The molecule has 31 heavy (non-hydrogen) atoms. The van der Waals surface area contributed by atoms with Crippen molar-refractivity contribution < 1.29 is 23.1 Å². The van der Waals surface area contributed by atoms with Crippen molar-refractivity contribution >= 4 is 29.1 Å². The summed E-state index contributed by atoms with van der Waals surface area (Å²) in [6.45, 7) is 0.246. The van der Waals surface area contributed by atoms with Crippen molar-refractivity contribution in [1.82, 2.24) is 14.9 Å². The van der Waals surface area contributed by atoms with Gasteiger partial charge in [0, 0.05) is 16.8 Å². The Morgan fingerprint density at radius 1 is 1.10 bits per heavy atom. The maximum absolute atomic E-state index is 12.5. The van der Waals surface area contributed by atoms with E-state index in [0.29, 0.717) is 27.8 Å². The van der Waals surface area contributed by atoms with Gasteiger partial charge in [0.2, 0.25) is 11.1 Å². The summed E-state index contributed by atoms with van der Waals surface area (Å²) in [5, 5.41) is 10.5. The summed E-state index contributed by atoms with van der Waals surface area (Å²) in [6, 6.07) is 12.4. The molecule has 3 rings (SSSR count). The van der Waals surface area contributed by atoms with Crippen LogP contribution in [0.2, 0.25) is 0 Å². The summed E-state index contributed by atoms with van der Waals surface area (Å²) >= 11 is 1.11. The predicted molar refractivity (Wildman–Crippen MR) is 113 cm³/mol. The number of nitrogens with one attached hydrogen (secondary N) is 1. The maximum atomic E-state index is 12.5. The van der Waals surface area contributed by atoms with E-state index in [0.717, 1.165) is 11.8 Å². The van der Waals surface area contributed by atoms with Gasteiger partial charge in [-0.25, -0.2) is 4.68 Å². The SMILES string of the molecule is CC(=O)c1ccc(NC(=O)C(C)Sc2nnc(-c3ccc(OC(F)F)cc3)n2N)cc1. The highest BCUT2D eigenvalue weighted by Gasteiger charge is 2.20. The van der Waals surface area contributed by atoms with Crippen LogP contribution in [0.1, 0.15) is 24.2 Å². The van der Waals surface area contributed by atoms with Crippen LogP contribution >= 0.6 is 11.8 Å². The smallest absolute Gasteiger partial charge is 0.387 e.